The summed E-state index contributed by atoms with van der Waals surface area (Å²) < 4.78 is 0. The maximum absolute atomic E-state index is 9.76. The van der Waals surface area contributed by atoms with Gasteiger partial charge in [-0.05, 0) is 11.0 Å². The molecule has 0 aliphatic carbocycles. The molecule has 6 heteroatoms. The second kappa shape index (κ2) is 6.44. The molecular weight excluding hydrogens is 168 g/mol. The SMILES string of the molecule is O=CC(O)C(O)C(O)CO.[SiH4]. The number of hydrogen-bond acceptors (Lipinski definition) is 5. The Kier molecular flexibility index (Phi) is 7.80. The molecule has 0 heterocycles. The van der Waals surface area contributed by atoms with E-state index in [1.807, 2.05) is 0 Å². The highest BCUT2D eigenvalue weighted by Crippen LogP contribution is 1.96. The van der Waals surface area contributed by atoms with Crippen LogP contribution in [0, 0.1) is 0 Å². The number of rotatable bonds is 4. The molecule has 0 amide bonds. The van der Waals surface area contributed by atoms with Crippen LogP contribution >= 0.6 is 0 Å². The summed E-state index contributed by atoms with van der Waals surface area (Å²) in [5.41, 5.74) is 0. The van der Waals surface area contributed by atoms with Gasteiger partial charge < -0.3 is 25.2 Å². The molecule has 0 spiro atoms. The van der Waals surface area contributed by atoms with Crippen molar-refractivity contribution in [2.45, 2.75) is 18.3 Å². The fourth-order valence-electron chi connectivity index (χ4n) is 0.416. The van der Waals surface area contributed by atoms with Crippen molar-refractivity contribution < 1.29 is 25.2 Å². The molecule has 3 atom stereocenters. The molecule has 0 aromatic heterocycles. The van der Waals surface area contributed by atoms with Gasteiger partial charge in [-0.25, -0.2) is 0 Å². The van der Waals surface area contributed by atoms with Crippen molar-refractivity contribution in [2.24, 2.45) is 0 Å². The van der Waals surface area contributed by atoms with E-state index >= 15 is 0 Å². The van der Waals surface area contributed by atoms with Crippen LogP contribution in [0.2, 0.25) is 0 Å². The fourth-order valence-corrected chi connectivity index (χ4v) is 0.416. The van der Waals surface area contributed by atoms with Crippen LogP contribution in [0.5, 0.6) is 0 Å². The lowest BCUT2D eigenvalue weighted by Gasteiger charge is -2.16. The van der Waals surface area contributed by atoms with E-state index in [9.17, 15) is 4.79 Å². The van der Waals surface area contributed by atoms with Crippen molar-refractivity contribution in [3.63, 3.8) is 0 Å². The van der Waals surface area contributed by atoms with Crippen LogP contribution in [0.3, 0.4) is 0 Å². The first-order valence-corrected chi connectivity index (χ1v) is 2.73. The molecule has 0 aromatic carbocycles. The Morgan fingerprint density at radius 1 is 1.27 bits per heavy atom. The highest BCUT2D eigenvalue weighted by Gasteiger charge is 2.22. The number of hydrogen-bond donors (Lipinski definition) is 4. The standard InChI is InChI=1S/C5H10O5.H4Si/c6-1-3(8)5(10)4(9)2-7;/h1,3-5,7-10H,2H2;1H4. The Morgan fingerprint density at radius 3 is 2.00 bits per heavy atom. The molecule has 0 saturated carbocycles. The average Bonchev–Trinajstić information content (AvgIpc) is 2.00. The molecule has 0 saturated heterocycles. The minimum atomic E-state index is -1.64. The normalized spacial score (nSPS) is 17.8. The van der Waals surface area contributed by atoms with E-state index in [0.29, 0.717) is 0 Å². The minimum Gasteiger partial charge on any atom is -0.394 e. The second-order valence-electron chi connectivity index (χ2n) is 1.87. The third-order valence-corrected chi connectivity index (χ3v) is 1.07. The minimum absolute atomic E-state index is 0. The summed E-state index contributed by atoms with van der Waals surface area (Å²) in [4.78, 5) is 9.76. The summed E-state index contributed by atoms with van der Waals surface area (Å²) in [6, 6.07) is 0. The predicted molar refractivity (Wildman–Crippen MR) is 42.5 cm³/mol. The zero-order valence-electron chi connectivity index (χ0n) is 5.21. The molecule has 0 radical (unpaired) electrons. The van der Waals surface area contributed by atoms with Crippen LogP contribution in [-0.2, 0) is 4.79 Å². The third kappa shape index (κ3) is 4.22. The van der Waals surface area contributed by atoms with Crippen molar-refractivity contribution in [3.8, 4) is 0 Å². The van der Waals surface area contributed by atoms with Gasteiger partial charge in [-0.15, -0.1) is 0 Å². The number of carbonyl (C=O) groups excluding carboxylic acids is 1. The molecule has 0 bridgehead atoms. The smallest absolute Gasteiger partial charge is 0.151 e. The zero-order chi connectivity index (χ0) is 8.15. The number of aldehydes is 1. The number of carbonyl (C=O) groups is 1. The van der Waals surface area contributed by atoms with Crippen LogP contribution in [-0.4, -0.2) is 62.6 Å². The monoisotopic (exact) mass is 182 g/mol. The Labute approximate surface area is 68.3 Å². The molecule has 5 nitrogen and oxygen atoms in total. The lowest BCUT2D eigenvalue weighted by Crippen LogP contribution is -2.40. The van der Waals surface area contributed by atoms with Crippen molar-refractivity contribution in [1.29, 1.82) is 0 Å². The summed E-state index contributed by atoms with van der Waals surface area (Å²) in [6.07, 6.45) is -4.63. The lowest BCUT2D eigenvalue weighted by molar-refractivity contribution is -0.127. The van der Waals surface area contributed by atoms with Crippen LogP contribution in [0.25, 0.3) is 0 Å². The summed E-state index contributed by atoms with van der Waals surface area (Å²) in [6.45, 7) is -0.688. The predicted octanol–water partition coefficient (Wildman–Crippen LogP) is -4.19. The van der Waals surface area contributed by atoms with Gasteiger partial charge >= 0.3 is 0 Å². The molecule has 0 aliphatic heterocycles. The van der Waals surface area contributed by atoms with Gasteiger partial charge in [-0.3, -0.25) is 0 Å². The largest absolute Gasteiger partial charge is 0.394 e. The van der Waals surface area contributed by atoms with Gasteiger partial charge in [-0.1, -0.05) is 0 Å². The molecule has 0 aromatic rings. The Hall–Kier alpha value is -0.273. The molecule has 0 aliphatic rings. The topological polar surface area (TPSA) is 98.0 Å². The molecule has 4 N–H and O–H groups in total. The molecular formula is C5H14O5Si. The first-order valence-electron chi connectivity index (χ1n) is 2.73. The highest BCUT2D eigenvalue weighted by atomic mass is 28.1. The van der Waals surface area contributed by atoms with Gasteiger partial charge in [0.05, 0.1) is 6.61 Å². The first kappa shape index (κ1) is 13.3. The quantitative estimate of drug-likeness (QED) is 0.261. The highest BCUT2D eigenvalue weighted by molar-refractivity contribution is 5.75. The molecule has 68 valence electrons. The van der Waals surface area contributed by atoms with Crippen LogP contribution in [0.15, 0.2) is 0 Å². The van der Waals surface area contributed by atoms with Crippen molar-refractivity contribution in [1.82, 2.24) is 0 Å². The average molecular weight is 182 g/mol. The summed E-state index contributed by atoms with van der Waals surface area (Å²) in [5.74, 6) is 0. The van der Waals surface area contributed by atoms with E-state index in [1.54, 1.807) is 0 Å². The molecule has 0 rings (SSSR count). The van der Waals surface area contributed by atoms with Crippen molar-refractivity contribution in [2.75, 3.05) is 6.61 Å². The maximum atomic E-state index is 9.76. The number of aliphatic hydroxyl groups excluding tert-OH is 4. The Morgan fingerprint density at radius 2 is 1.73 bits per heavy atom. The van der Waals surface area contributed by atoms with E-state index in [0.717, 1.165) is 0 Å². The van der Waals surface area contributed by atoms with Gasteiger partial charge in [0.25, 0.3) is 0 Å². The van der Waals surface area contributed by atoms with Gasteiger partial charge in [-0.2, -0.15) is 0 Å². The maximum Gasteiger partial charge on any atom is 0.151 e. The fraction of sp³-hybridized carbons (Fsp3) is 0.800. The van der Waals surface area contributed by atoms with E-state index in [2.05, 4.69) is 0 Å². The lowest BCUT2D eigenvalue weighted by atomic mass is 10.1. The van der Waals surface area contributed by atoms with Crippen LogP contribution < -0.4 is 0 Å². The first-order chi connectivity index (χ1) is 4.63. The van der Waals surface area contributed by atoms with Crippen molar-refractivity contribution >= 4 is 17.3 Å². The van der Waals surface area contributed by atoms with Gasteiger partial charge in [0.2, 0.25) is 0 Å². The van der Waals surface area contributed by atoms with Crippen molar-refractivity contribution in [3.05, 3.63) is 0 Å². The Bertz CT molecular complexity index is 109. The van der Waals surface area contributed by atoms with Crippen LogP contribution in [0.4, 0.5) is 0 Å². The van der Waals surface area contributed by atoms with Gasteiger partial charge in [0, 0.05) is 0 Å². The number of aliphatic hydroxyl groups is 4. The van der Waals surface area contributed by atoms with E-state index in [-0.39, 0.29) is 17.3 Å². The van der Waals surface area contributed by atoms with Crippen LogP contribution in [0.1, 0.15) is 0 Å². The van der Waals surface area contributed by atoms with Gasteiger partial charge in [0.1, 0.15) is 18.3 Å². The Balaban J connectivity index is 0. The zero-order valence-corrected chi connectivity index (χ0v) is 5.21. The van der Waals surface area contributed by atoms with Gasteiger partial charge in [0.15, 0.2) is 6.29 Å². The van der Waals surface area contributed by atoms with E-state index in [1.165, 1.54) is 0 Å². The second-order valence-corrected chi connectivity index (χ2v) is 1.87. The molecule has 0 fully saturated rings. The summed E-state index contributed by atoms with van der Waals surface area (Å²) >= 11 is 0. The van der Waals surface area contributed by atoms with E-state index in [4.69, 9.17) is 20.4 Å². The molecule has 11 heavy (non-hydrogen) atoms. The molecule has 3 unspecified atom stereocenters. The third-order valence-electron chi connectivity index (χ3n) is 1.07. The van der Waals surface area contributed by atoms with E-state index < -0.39 is 24.9 Å². The summed E-state index contributed by atoms with van der Waals surface area (Å²) in [7, 11) is 0. The summed E-state index contributed by atoms with van der Waals surface area (Å²) in [5, 5.41) is 34.1.